The number of ether oxygens (including phenoxy) is 2. The summed E-state index contributed by atoms with van der Waals surface area (Å²) in [5, 5.41) is 3.25. The van der Waals surface area contributed by atoms with Crippen LogP contribution in [0.4, 0.5) is 11.4 Å². The van der Waals surface area contributed by atoms with Gasteiger partial charge in [0.15, 0.2) is 0 Å². The summed E-state index contributed by atoms with van der Waals surface area (Å²) in [6.07, 6.45) is 1.18. The zero-order valence-electron chi connectivity index (χ0n) is 15.5. The molecule has 0 fully saturated rings. The Bertz CT molecular complexity index is 816. The molecule has 0 spiro atoms. The topological polar surface area (TPSA) is 50.8 Å². The number of amides is 1. The number of methoxy groups -OCH3 is 2. The largest absolute Gasteiger partial charge is 0.497 e. The lowest BCUT2D eigenvalue weighted by molar-refractivity contribution is -0.116. The normalized spacial score (nSPS) is 13.1. The number of hydrogen-bond acceptors (Lipinski definition) is 5. The van der Waals surface area contributed by atoms with Crippen molar-refractivity contribution in [2.45, 2.75) is 17.7 Å². The van der Waals surface area contributed by atoms with Crippen molar-refractivity contribution in [2.75, 3.05) is 43.3 Å². The van der Waals surface area contributed by atoms with Gasteiger partial charge in [0.2, 0.25) is 5.91 Å². The number of carbonyl (C=O) groups is 1. The quantitative estimate of drug-likeness (QED) is 0.722. The van der Waals surface area contributed by atoms with Gasteiger partial charge in [0, 0.05) is 42.3 Å². The highest BCUT2D eigenvalue weighted by Gasteiger charge is 2.17. The third-order valence-electron chi connectivity index (χ3n) is 4.40. The van der Waals surface area contributed by atoms with Gasteiger partial charge < -0.3 is 19.7 Å². The Kier molecular flexibility index (Phi) is 6.74. The Morgan fingerprint density at radius 3 is 2.85 bits per heavy atom. The van der Waals surface area contributed by atoms with Gasteiger partial charge in [0.1, 0.15) is 17.2 Å². The van der Waals surface area contributed by atoms with E-state index < -0.39 is 0 Å². The summed E-state index contributed by atoms with van der Waals surface area (Å²) in [5.41, 5.74) is 1.73. The number of fused-ring (bicyclic) bond motifs is 1. The van der Waals surface area contributed by atoms with E-state index in [1.807, 2.05) is 11.8 Å². The molecule has 1 heterocycles. The smallest absolute Gasteiger partial charge is 0.224 e. The zero-order valence-corrected chi connectivity index (χ0v) is 17.0. The molecule has 3 rings (SSSR count). The van der Waals surface area contributed by atoms with Crippen LogP contribution in [0.1, 0.15) is 12.8 Å². The Morgan fingerprint density at radius 1 is 1.26 bits per heavy atom. The number of halogens is 1. The third kappa shape index (κ3) is 4.82. The maximum Gasteiger partial charge on any atom is 0.224 e. The second kappa shape index (κ2) is 9.24. The van der Waals surface area contributed by atoms with Gasteiger partial charge in [-0.15, -0.1) is 11.8 Å². The van der Waals surface area contributed by atoms with Crippen LogP contribution in [-0.4, -0.2) is 39.0 Å². The molecule has 1 aliphatic heterocycles. The predicted molar refractivity (Wildman–Crippen MR) is 112 cm³/mol. The van der Waals surface area contributed by atoms with Crippen molar-refractivity contribution in [3.63, 3.8) is 0 Å². The van der Waals surface area contributed by atoms with Crippen LogP contribution < -0.4 is 19.7 Å². The van der Waals surface area contributed by atoms with Crippen molar-refractivity contribution >= 4 is 40.6 Å². The Labute approximate surface area is 169 Å². The average molecular weight is 407 g/mol. The Balaban J connectivity index is 1.57. The highest BCUT2D eigenvalue weighted by Crippen LogP contribution is 2.37. The minimum Gasteiger partial charge on any atom is -0.497 e. The van der Waals surface area contributed by atoms with Gasteiger partial charge >= 0.3 is 0 Å². The molecule has 7 heteroatoms. The fourth-order valence-electron chi connectivity index (χ4n) is 3.05. The lowest BCUT2D eigenvalue weighted by atomic mass is 10.2. The number of rotatable bonds is 7. The molecule has 5 nitrogen and oxygen atoms in total. The first-order valence-electron chi connectivity index (χ1n) is 8.80. The maximum atomic E-state index is 12.4. The molecule has 0 saturated heterocycles. The van der Waals surface area contributed by atoms with Crippen molar-refractivity contribution in [3.8, 4) is 11.5 Å². The van der Waals surface area contributed by atoms with E-state index in [2.05, 4.69) is 34.5 Å². The molecular weight excluding hydrogens is 384 g/mol. The number of nitrogens with zero attached hydrogens (tertiary/aromatic N) is 1. The Hall–Kier alpha value is -2.05. The second-order valence-electron chi connectivity index (χ2n) is 6.14. The molecule has 1 N–H and O–H groups in total. The van der Waals surface area contributed by atoms with Crippen LogP contribution in [0.3, 0.4) is 0 Å². The number of thioether (sulfide) groups is 1. The molecule has 27 heavy (non-hydrogen) atoms. The van der Waals surface area contributed by atoms with E-state index >= 15 is 0 Å². The summed E-state index contributed by atoms with van der Waals surface area (Å²) in [5.74, 6) is 2.05. The molecule has 0 aliphatic carbocycles. The monoisotopic (exact) mass is 406 g/mol. The van der Waals surface area contributed by atoms with Crippen LogP contribution in [-0.2, 0) is 4.79 Å². The predicted octanol–water partition coefficient (Wildman–Crippen LogP) is 4.69. The first-order chi connectivity index (χ1) is 13.1. The molecule has 0 saturated carbocycles. The lowest BCUT2D eigenvalue weighted by Gasteiger charge is -2.30. The second-order valence-corrected chi connectivity index (χ2v) is 7.69. The summed E-state index contributed by atoms with van der Waals surface area (Å²) in [6.45, 7) is 1.85. The summed E-state index contributed by atoms with van der Waals surface area (Å²) in [4.78, 5) is 16.1. The van der Waals surface area contributed by atoms with E-state index in [1.165, 1.54) is 17.7 Å². The van der Waals surface area contributed by atoms with Gasteiger partial charge in [-0.05, 0) is 18.6 Å². The van der Waals surface area contributed by atoms with Crippen molar-refractivity contribution in [1.82, 2.24) is 0 Å². The number of carbonyl (C=O) groups excluding carboxylic acids is 1. The highest BCUT2D eigenvalue weighted by atomic mass is 35.5. The summed E-state index contributed by atoms with van der Waals surface area (Å²) < 4.78 is 10.5. The molecule has 2 aromatic carbocycles. The molecular formula is C20H23ClN2O3S. The Morgan fingerprint density at radius 2 is 2.07 bits per heavy atom. The number of hydrogen-bond donors (Lipinski definition) is 1. The van der Waals surface area contributed by atoms with Crippen LogP contribution >= 0.6 is 23.4 Å². The number of benzene rings is 2. The van der Waals surface area contributed by atoms with Gasteiger partial charge in [-0.25, -0.2) is 0 Å². The molecule has 0 aromatic heterocycles. The maximum absolute atomic E-state index is 12.4. The van der Waals surface area contributed by atoms with E-state index in [0.717, 1.165) is 25.3 Å². The zero-order chi connectivity index (χ0) is 19.2. The highest BCUT2D eigenvalue weighted by molar-refractivity contribution is 7.99. The van der Waals surface area contributed by atoms with Gasteiger partial charge in [0.25, 0.3) is 0 Å². The minimum atomic E-state index is -0.0833. The van der Waals surface area contributed by atoms with Gasteiger partial charge in [-0.3, -0.25) is 4.79 Å². The number of para-hydroxylation sites is 1. The van der Waals surface area contributed by atoms with E-state index in [0.29, 0.717) is 28.6 Å². The molecule has 2 aromatic rings. The average Bonchev–Trinajstić information content (AvgIpc) is 2.69. The van der Waals surface area contributed by atoms with Gasteiger partial charge in [-0.2, -0.15) is 0 Å². The SMILES string of the molecule is COc1cc(Cl)c(NC(=O)CCCN2CCSc3ccccc32)c(OC)c1. The molecule has 0 radical (unpaired) electrons. The van der Waals surface area contributed by atoms with Crippen molar-refractivity contribution < 1.29 is 14.3 Å². The van der Waals surface area contributed by atoms with Crippen LogP contribution in [0.15, 0.2) is 41.3 Å². The summed E-state index contributed by atoms with van der Waals surface area (Å²) in [7, 11) is 3.09. The fourth-order valence-corrected chi connectivity index (χ4v) is 4.35. The standard InChI is InChI=1S/C20H23ClN2O3S/c1-25-14-12-15(21)20(17(13-14)26-2)22-19(24)8-5-9-23-10-11-27-18-7-4-3-6-16(18)23/h3-4,6-7,12-13H,5,8-11H2,1-2H3,(H,22,24). The van der Waals surface area contributed by atoms with E-state index in [-0.39, 0.29) is 5.91 Å². The van der Waals surface area contributed by atoms with Crippen molar-refractivity contribution in [1.29, 1.82) is 0 Å². The molecule has 0 bridgehead atoms. The van der Waals surface area contributed by atoms with Crippen LogP contribution in [0.2, 0.25) is 5.02 Å². The first-order valence-corrected chi connectivity index (χ1v) is 10.2. The minimum absolute atomic E-state index is 0.0833. The van der Waals surface area contributed by atoms with E-state index in [9.17, 15) is 4.79 Å². The molecule has 144 valence electrons. The van der Waals surface area contributed by atoms with Gasteiger partial charge in [-0.1, -0.05) is 23.7 Å². The number of nitrogens with one attached hydrogen (secondary N) is 1. The molecule has 1 amide bonds. The fraction of sp³-hybridized carbons (Fsp3) is 0.350. The van der Waals surface area contributed by atoms with E-state index in [4.69, 9.17) is 21.1 Å². The number of anilines is 2. The molecule has 0 atom stereocenters. The summed E-state index contributed by atoms with van der Waals surface area (Å²) in [6, 6.07) is 11.8. The third-order valence-corrected chi connectivity index (χ3v) is 5.75. The van der Waals surface area contributed by atoms with Crippen LogP contribution in [0.25, 0.3) is 0 Å². The lowest BCUT2D eigenvalue weighted by Crippen LogP contribution is -2.30. The van der Waals surface area contributed by atoms with Crippen LogP contribution in [0.5, 0.6) is 11.5 Å². The van der Waals surface area contributed by atoms with E-state index in [1.54, 1.807) is 19.2 Å². The van der Waals surface area contributed by atoms with Crippen LogP contribution in [0, 0.1) is 0 Å². The first kappa shape index (κ1) is 19.7. The van der Waals surface area contributed by atoms with Gasteiger partial charge in [0.05, 0.1) is 24.9 Å². The van der Waals surface area contributed by atoms with Crippen molar-refractivity contribution in [2.24, 2.45) is 0 Å². The molecule has 1 aliphatic rings. The summed E-state index contributed by atoms with van der Waals surface area (Å²) >= 11 is 8.15. The molecule has 0 unspecified atom stereocenters. The van der Waals surface area contributed by atoms with Crippen molar-refractivity contribution in [3.05, 3.63) is 41.4 Å².